The number of aliphatic hydroxyl groups is 2. The van der Waals surface area contributed by atoms with E-state index in [0.717, 1.165) is 22.4 Å². The molecule has 27 heavy (non-hydrogen) atoms. The molecule has 0 amide bonds. The lowest BCUT2D eigenvalue weighted by atomic mass is 9.76. The van der Waals surface area contributed by atoms with Crippen molar-refractivity contribution in [2.24, 2.45) is 0 Å². The topological polar surface area (TPSA) is 79.2 Å². The van der Waals surface area contributed by atoms with Gasteiger partial charge in [0.1, 0.15) is 11.5 Å². The quantitative estimate of drug-likeness (QED) is 0.750. The maximum atomic E-state index is 10.1. The standard InChI is InChI=1S/C22H28O5/c1-22(2,15-5-7-16(24)8-6-15)19-10-14(4-9-20(19)26-3)21-12-17(25)11-18(13-23)27-21/h4-10,17-18,21,23-25H,11-13H2,1-3H3. The third-order valence-corrected chi connectivity index (χ3v) is 5.44. The lowest BCUT2D eigenvalue weighted by molar-refractivity contribution is -0.113. The Bertz CT molecular complexity index is 769. The van der Waals surface area contributed by atoms with E-state index in [1.54, 1.807) is 19.2 Å². The summed E-state index contributed by atoms with van der Waals surface area (Å²) in [5, 5.41) is 29.2. The molecule has 1 fully saturated rings. The molecule has 2 aromatic rings. The van der Waals surface area contributed by atoms with Crippen LogP contribution in [0.3, 0.4) is 0 Å². The Morgan fingerprint density at radius 2 is 1.81 bits per heavy atom. The number of hydrogen-bond donors (Lipinski definition) is 3. The van der Waals surface area contributed by atoms with Gasteiger partial charge in [0.05, 0.1) is 32.0 Å². The summed E-state index contributed by atoms with van der Waals surface area (Å²) >= 11 is 0. The van der Waals surface area contributed by atoms with Gasteiger partial charge in [0.2, 0.25) is 0 Å². The average Bonchev–Trinajstić information content (AvgIpc) is 2.67. The van der Waals surface area contributed by atoms with Crippen molar-refractivity contribution in [3.05, 3.63) is 59.2 Å². The van der Waals surface area contributed by atoms with Crippen LogP contribution in [0.2, 0.25) is 0 Å². The fourth-order valence-corrected chi connectivity index (χ4v) is 3.77. The van der Waals surface area contributed by atoms with Crippen LogP contribution in [0.25, 0.3) is 0 Å². The van der Waals surface area contributed by atoms with E-state index in [1.807, 2.05) is 24.3 Å². The van der Waals surface area contributed by atoms with Crippen molar-refractivity contribution in [3.63, 3.8) is 0 Å². The van der Waals surface area contributed by atoms with Gasteiger partial charge in [-0.3, -0.25) is 0 Å². The van der Waals surface area contributed by atoms with Crippen LogP contribution in [0.15, 0.2) is 42.5 Å². The average molecular weight is 372 g/mol. The number of phenolic OH excluding ortho intramolecular Hbond substituents is 1. The van der Waals surface area contributed by atoms with E-state index in [-0.39, 0.29) is 30.0 Å². The highest BCUT2D eigenvalue weighted by Crippen LogP contribution is 2.41. The van der Waals surface area contributed by atoms with Crippen molar-refractivity contribution in [2.45, 2.75) is 50.4 Å². The normalized spacial score (nSPS) is 23.2. The maximum Gasteiger partial charge on any atom is 0.122 e. The number of ether oxygens (including phenoxy) is 2. The molecule has 5 nitrogen and oxygen atoms in total. The van der Waals surface area contributed by atoms with Gasteiger partial charge in [0.15, 0.2) is 0 Å². The number of phenols is 1. The summed E-state index contributed by atoms with van der Waals surface area (Å²) < 4.78 is 11.6. The molecule has 1 aliphatic heterocycles. The lowest BCUT2D eigenvalue weighted by Gasteiger charge is -2.34. The summed E-state index contributed by atoms with van der Waals surface area (Å²) in [4.78, 5) is 0. The van der Waals surface area contributed by atoms with Crippen molar-refractivity contribution in [2.75, 3.05) is 13.7 Å². The summed E-state index contributed by atoms with van der Waals surface area (Å²) in [6.45, 7) is 4.11. The van der Waals surface area contributed by atoms with Gasteiger partial charge < -0.3 is 24.8 Å². The molecule has 146 valence electrons. The first-order chi connectivity index (χ1) is 12.8. The molecular formula is C22H28O5. The molecule has 3 unspecified atom stereocenters. The molecule has 3 atom stereocenters. The number of methoxy groups -OCH3 is 1. The Morgan fingerprint density at radius 3 is 2.44 bits per heavy atom. The minimum Gasteiger partial charge on any atom is -0.508 e. The molecule has 0 aliphatic carbocycles. The van der Waals surface area contributed by atoms with Crippen LogP contribution in [0.4, 0.5) is 0 Å². The van der Waals surface area contributed by atoms with E-state index in [9.17, 15) is 15.3 Å². The van der Waals surface area contributed by atoms with Gasteiger partial charge in [-0.2, -0.15) is 0 Å². The van der Waals surface area contributed by atoms with Gasteiger partial charge in [-0.15, -0.1) is 0 Å². The van der Waals surface area contributed by atoms with Crippen LogP contribution in [0.1, 0.15) is 49.5 Å². The molecule has 1 saturated heterocycles. The minimum atomic E-state index is -0.489. The molecule has 3 rings (SSSR count). The minimum absolute atomic E-state index is 0.102. The zero-order chi connectivity index (χ0) is 19.6. The van der Waals surface area contributed by atoms with Gasteiger partial charge in [-0.05, 0) is 35.4 Å². The number of aliphatic hydroxyl groups excluding tert-OH is 2. The summed E-state index contributed by atoms with van der Waals surface area (Å²) in [5.41, 5.74) is 2.64. The monoisotopic (exact) mass is 372 g/mol. The van der Waals surface area contributed by atoms with Gasteiger partial charge in [0.25, 0.3) is 0 Å². The molecular weight excluding hydrogens is 344 g/mol. The molecule has 0 saturated carbocycles. The van der Waals surface area contributed by atoms with Crippen molar-refractivity contribution < 1.29 is 24.8 Å². The molecule has 1 aliphatic rings. The second-order valence-corrected chi connectivity index (χ2v) is 7.69. The second kappa shape index (κ2) is 7.89. The first-order valence-corrected chi connectivity index (χ1v) is 9.27. The number of rotatable bonds is 5. The fraction of sp³-hybridized carbons (Fsp3) is 0.455. The van der Waals surface area contributed by atoms with Crippen LogP contribution >= 0.6 is 0 Å². The Hall–Kier alpha value is -2.08. The highest BCUT2D eigenvalue weighted by Gasteiger charge is 2.32. The number of aromatic hydroxyl groups is 1. The van der Waals surface area contributed by atoms with Crippen LogP contribution in [0.5, 0.6) is 11.5 Å². The van der Waals surface area contributed by atoms with Gasteiger partial charge in [-0.25, -0.2) is 0 Å². The first-order valence-electron chi connectivity index (χ1n) is 9.27. The zero-order valence-corrected chi connectivity index (χ0v) is 16.1. The van der Waals surface area contributed by atoms with Crippen molar-refractivity contribution in [1.29, 1.82) is 0 Å². The fourth-order valence-electron chi connectivity index (χ4n) is 3.77. The van der Waals surface area contributed by atoms with E-state index in [1.165, 1.54) is 0 Å². The highest BCUT2D eigenvalue weighted by molar-refractivity contribution is 5.49. The second-order valence-electron chi connectivity index (χ2n) is 7.69. The predicted molar refractivity (Wildman–Crippen MR) is 103 cm³/mol. The lowest BCUT2D eigenvalue weighted by Crippen LogP contribution is -2.33. The van der Waals surface area contributed by atoms with Gasteiger partial charge in [-0.1, -0.05) is 32.0 Å². The Balaban J connectivity index is 1.99. The Kier molecular flexibility index (Phi) is 5.75. The van der Waals surface area contributed by atoms with Crippen LogP contribution in [-0.4, -0.2) is 41.2 Å². The van der Waals surface area contributed by atoms with Gasteiger partial charge >= 0.3 is 0 Å². The SMILES string of the molecule is COc1ccc(C2CC(O)CC(CO)O2)cc1C(C)(C)c1ccc(O)cc1. The van der Waals surface area contributed by atoms with Crippen molar-refractivity contribution >= 4 is 0 Å². The number of hydrogen-bond acceptors (Lipinski definition) is 5. The van der Waals surface area contributed by atoms with Crippen LogP contribution < -0.4 is 4.74 Å². The molecule has 0 aromatic heterocycles. The maximum absolute atomic E-state index is 10.1. The molecule has 1 heterocycles. The molecule has 0 bridgehead atoms. The Morgan fingerprint density at radius 1 is 1.11 bits per heavy atom. The predicted octanol–water partition coefficient (Wildman–Crippen LogP) is 3.30. The smallest absolute Gasteiger partial charge is 0.122 e. The summed E-state index contributed by atoms with van der Waals surface area (Å²) in [7, 11) is 1.65. The van der Waals surface area contributed by atoms with Crippen molar-refractivity contribution in [3.8, 4) is 11.5 Å². The van der Waals surface area contributed by atoms with E-state index in [4.69, 9.17) is 9.47 Å². The molecule has 5 heteroatoms. The van der Waals surface area contributed by atoms with Crippen molar-refractivity contribution in [1.82, 2.24) is 0 Å². The largest absolute Gasteiger partial charge is 0.508 e. The van der Waals surface area contributed by atoms with Crippen LogP contribution in [-0.2, 0) is 10.2 Å². The Labute approximate surface area is 160 Å². The summed E-state index contributed by atoms with van der Waals surface area (Å²) in [6.07, 6.45) is -0.158. The molecule has 3 N–H and O–H groups in total. The zero-order valence-electron chi connectivity index (χ0n) is 16.1. The van der Waals surface area contributed by atoms with E-state index in [0.29, 0.717) is 12.8 Å². The van der Waals surface area contributed by atoms with Crippen LogP contribution in [0, 0.1) is 0 Å². The molecule has 2 aromatic carbocycles. The molecule has 0 radical (unpaired) electrons. The molecule has 0 spiro atoms. The third-order valence-electron chi connectivity index (χ3n) is 5.44. The third kappa shape index (κ3) is 4.10. The van der Waals surface area contributed by atoms with E-state index in [2.05, 4.69) is 19.9 Å². The van der Waals surface area contributed by atoms with E-state index >= 15 is 0 Å². The summed E-state index contributed by atoms with van der Waals surface area (Å²) in [6, 6.07) is 13.1. The number of benzene rings is 2. The summed E-state index contributed by atoms with van der Waals surface area (Å²) in [5.74, 6) is 1.00. The first kappa shape index (κ1) is 19.7. The van der Waals surface area contributed by atoms with E-state index < -0.39 is 6.10 Å². The highest BCUT2D eigenvalue weighted by atomic mass is 16.5. The van der Waals surface area contributed by atoms with Gasteiger partial charge in [0, 0.05) is 23.8 Å².